The molecule has 0 radical (unpaired) electrons. The highest BCUT2D eigenvalue weighted by molar-refractivity contribution is 9.10. The summed E-state index contributed by atoms with van der Waals surface area (Å²) in [5, 5.41) is 1.31. The van der Waals surface area contributed by atoms with E-state index in [1.54, 1.807) is 0 Å². The number of fused-ring (bicyclic) bond motifs is 1. The Morgan fingerprint density at radius 2 is 1.93 bits per heavy atom. The van der Waals surface area contributed by atoms with Gasteiger partial charge >= 0.3 is 0 Å². The Labute approximate surface area is 99.2 Å². The fourth-order valence-corrected chi connectivity index (χ4v) is 2.15. The average Bonchev–Trinajstić information content (AvgIpc) is 2.46. The number of benzene rings is 1. The summed E-state index contributed by atoms with van der Waals surface area (Å²) in [5.74, 6) is 0. The lowest BCUT2D eigenvalue weighted by atomic mass is 9.97. The van der Waals surface area contributed by atoms with E-state index in [1.165, 1.54) is 10.9 Å². The van der Waals surface area contributed by atoms with Crippen LogP contribution in [-0.4, -0.2) is 4.57 Å². The Morgan fingerprint density at radius 1 is 1.20 bits per heavy atom. The lowest BCUT2D eigenvalue weighted by Gasteiger charge is -2.19. The van der Waals surface area contributed by atoms with Crippen LogP contribution >= 0.6 is 15.9 Å². The minimum atomic E-state index is 0.314. The Kier molecular flexibility index (Phi) is 2.63. The van der Waals surface area contributed by atoms with E-state index < -0.39 is 0 Å². The predicted octanol–water partition coefficient (Wildman–Crippen LogP) is 4.45. The number of nitrogens with zero attached hydrogens (tertiary/aromatic N) is 1. The van der Waals surface area contributed by atoms with E-state index in [-0.39, 0.29) is 0 Å². The first-order valence-electron chi connectivity index (χ1n) is 5.20. The Hall–Kier alpha value is -0.760. The van der Waals surface area contributed by atoms with Crippen molar-refractivity contribution in [2.75, 3.05) is 0 Å². The second-order valence-corrected chi connectivity index (χ2v) is 6.12. The van der Waals surface area contributed by atoms with Crippen LogP contribution in [0.1, 0.15) is 20.8 Å². The number of hydrogen-bond acceptors (Lipinski definition) is 0. The summed E-state index contributed by atoms with van der Waals surface area (Å²) < 4.78 is 3.46. The van der Waals surface area contributed by atoms with Crippen molar-refractivity contribution in [1.82, 2.24) is 4.57 Å². The molecule has 1 nitrogen and oxygen atoms in total. The Bertz CT molecular complexity index is 477. The lowest BCUT2D eigenvalue weighted by Crippen LogP contribution is -2.14. The molecule has 15 heavy (non-hydrogen) atoms. The van der Waals surface area contributed by atoms with E-state index in [4.69, 9.17) is 0 Å². The van der Waals surface area contributed by atoms with Gasteiger partial charge in [0.25, 0.3) is 0 Å². The van der Waals surface area contributed by atoms with Crippen molar-refractivity contribution in [3.8, 4) is 0 Å². The van der Waals surface area contributed by atoms with Gasteiger partial charge in [0.15, 0.2) is 0 Å². The summed E-state index contributed by atoms with van der Waals surface area (Å²) in [6.45, 7) is 7.83. The zero-order valence-electron chi connectivity index (χ0n) is 9.42. The van der Waals surface area contributed by atoms with E-state index in [0.29, 0.717) is 5.41 Å². The van der Waals surface area contributed by atoms with Crippen LogP contribution in [0.2, 0.25) is 0 Å². The molecule has 0 bridgehead atoms. The monoisotopic (exact) mass is 265 g/mol. The van der Waals surface area contributed by atoms with Gasteiger partial charge in [-0.1, -0.05) is 42.8 Å². The number of aromatic nitrogens is 1. The van der Waals surface area contributed by atoms with Gasteiger partial charge < -0.3 is 4.57 Å². The molecule has 0 amide bonds. The Morgan fingerprint density at radius 3 is 2.60 bits per heavy atom. The smallest absolute Gasteiger partial charge is 0.0491 e. The summed E-state index contributed by atoms with van der Waals surface area (Å²) in [5.41, 5.74) is 1.62. The first-order valence-corrected chi connectivity index (χ1v) is 5.99. The van der Waals surface area contributed by atoms with Gasteiger partial charge in [-0.05, 0) is 29.0 Å². The van der Waals surface area contributed by atoms with Crippen molar-refractivity contribution in [1.29, 1.82) is 0 Å². The number of halogens is 1. The van der Waals surface area contributed by atoms with Gasteiger partial charge in [-0.2, -0.15) is 0 Å². The molecule has 0 aliphatic carbocycles. The van der Waals surface area contributed by atoms with Gasteiger partial charge in [-0.15, -0.1) is 0 Å². The molecule has 1 heterocycles. The topological polar surface area (TPSA) is 4.93 Å². The SMILES string of the molecule is CC(C)(C)Cn1ccc2ccc(Br)cc21. The van der Waals surface area contributed by atoms with E-state index in [2.05, 4.69) is 71.7 Å². The van der Waals surface area contributed by atoms with Crippen LogP contribution in [-0.2, 0) is 6.54 Å². The van der Waals surface area contributed by atoms with Crippen molar-refractivity contribution in [3.05, 3.63) is 34.9 Å². The minimum Gasteiger partial charge on any atom is -0.347 e. The largest absolute Gasteiger partial charge is 0.347 e. The maximum atomic E-state index is 3.52. The predicted molar refractivity (Wildman–Crippen MR) is 69.1 cm³/mol. The van der Waals surface area contributed by atoms with Crippen molar-refractivity contribution >= 4 is 26.8 Å². The summed E-state index contributed by atoms with van der Waals surface area (Å²) >= 11 is 3.52. The molecule has 0 saturated carbocycles. The van der Waals surface area contributed by atoms with E-state index >= 15 is 0 Å². The third kappa shape index (κ3) is 2.43. The minimum absolute atomic E-state index is 0.314. The highest BCUT2D eigenvalue weighted by atomic mass is 79.9. The maximum Gasteiger partial charge on any atom is 0.0491 e. The molecule has 1 aromatic heterocycles. The third-order valence-electron chi connectivity index (χ3n) is 2.38. The lowest BCUT2D eigenvalue weighted by molar-refractivity contribution is 0.349. The molecular formula is C13H16BrN. The van der Waals surface area contributed by atoms with Crippen LogP contribution in [0, 0.1) is 5.41 Å². The second kappa shape index (κ2) is 3.67. The first-order chi connectivity index (χ1) is 6.96. The molecule has 0 aliphatic heterocycles. The van der Waals surface area contributed by atoms with Crippen molar-refractivity contribution < 1.29 is 0 Å². The van der Waals surface area contributed by atoms with Crippen molar-refractivity contribution in [2.24, 2.45) is 5.41 Å². The number of hydrogen-bond donors (Lipinski definition) is 0. The number of rotatable bonds is 1. The fraction of sp³-hybridized carbons (Fsp3) is 0.385. The summed E-state index contributed by atoms with van der Waals surface area (Å²) in [6.07, 6.45) is 2.17. The molecule has 2 aromatic rings. The highest BCUT2D eigenvalue weighted by Gasteiger charge is 2.12. The van der Waals surface area contributed by atoms with Crippen LogP contribution in [0.25, 0.3) is 10.9 Å². The first kappa shape index (κ1) is 10.7. The van der Waals surface area contributed by atoms with E-state index in [1.807, 2.05) is 0 Å². The highest BCUT2D eigenvalue weighted by Crippen LogP contribution is 2.24. The molecule has 80 valence electrons. The van der Waals surface area contributed by atoms with Gasteiger partial charge in [-0.3, -0.25) is 0 Å². The second-order valence-electron chi connectivity index (χ2n) is 5.21. The van der Waals surface area contributed by atoms with Crippen LogP contribution in [0.5, 0.6) is 0 Å². The molecule has 0 atom stereocenters. The van der Waals surface area contributed by atoms with Crippen molar-refractivity contribution in [3.63, 3.8) is 0 Å². The fourth-order valence-electron chi connectivity index (χ4n) is 1.81. The summed E-state index contributed by atoms with van der Waals surface area (Å²) in [4.78, 5) is 0. The van der Waals surface area contributed by atoms with Gasteiger partial charge in [0.1, 0.15) is 0 Å². The summed E-state index contributed by atoms with van der Waals surface area (Å²) in [6, 6.07) is 8.59. The maximum absolute atomic E-state index is 3.52. The van der Waals surface area contributed by atoms with Crippen LogP contribution < -0.4 is 0 Å². The molecule has 0 fully saturated rings. The van der Waals surface area contributed by atoms with Gasteiger partial charge in [0, 0.05) is 22.7 Å². The molecule has 0 spiro atoms. The average molecular weight is 266 g/mol. The van der Waals surface area contributed by atoms with Crippen LogP contribution in [0.15, 0.2) is 34.9 Å². The summed E-state index contributed by atoms with van der Waals surface area (Å²) in [7, 11) is 0. The van der Waals surface area contributed by atoms with Crippen LogP contribution in [0.3, 0.4) is 0 Å². The molecule has 0 unspecified atom stereocenters. The quantitative estimate of drug-likeness (QED) is 0.718. The zero-order valence-corrected chi connectivity index (χ0v) is 11.0. The molecule has 2 rings (SSSR count). The van der Waals surface area contributed by atoms with Crippen molar-refractivity contribution in [2.45, 2.75) is 27.3 Å². The van der Waals surface area contributed by atoms with E-state index in [9.17, 15) is 0 Å². The molecule has 0 saturated heterocycles. The molecule has 0 aliphatic rings. The molecule has 2 heteroatoms. The Balaban J connectivity index is 2.48. The zero-order chi connectivity index (χ0) is 11.1. The van der Waals surface area contributed by atoms with Crippen LogP contribution in [0.4, 0.5) is 0 Å². The van der Waals surface area contributed by atoms with Gasteiger partial charge in [-0.25, -0.2) is 0 Å². The van der Waals surface area contributed by atoms with Gasteiger partial charge in [0.05, 0.1) is 0 Å². The normalized spacial score (nSPS) is 12.3. The molecule has 0 N–H and O–H groups in total. The third-order valence-corrected chi connectivity index (χ3v) is 2.87. The molecular weight excluding hydrogens is 250 g/mol. The van der Waals surface area contributed by atoms with Gasteiger partial charge in [0.2, 0.25) is 0 Å². The standard InChI is InChI=1S/C13H16BrN/c1-13(2,3)9-15-7-6-10-4-5-11(14)8-12(10)15/h4-8H,9H2,1-3H3. The van der Waals surface area contributed by atoms with E-state index in [0.717, 1.165) is 11.0 Å². The molecule has 1 aromatic carbocycles.